The molecule has 4 N–H and O–H groups in total. The van der Waals surface area contributed by atoms with Gasteiger partial charge in [-0.25, -0.2) is 10.8 Å². The van der Waals surface area contributed by atoms with Crippen molar-refractivity contribution in [2.45, 2.75) is 31.8 Å². The van der Waals surface area contributed by atoms with Gasteiger partial charge in [0.05, 0.1) is 23.3 Å². The number of nitrogens with one attached hydrogen (secondary N) is 2. The molecule has 1 heterocycles. The highest BCUT2D eigenvalue weighted by molar-refractivity contribution is 6.33. The molecule has 7 heteroatoms. The lowest BCUT2D eigenvalue weighted by atomic mass is 10.2. The van der Waals surface area contributed by atoms with Crippen LogP contribution in [0.4, 0.5) is 5.82 Å². The zero-order chi connectivity index (χ0) is 14.4. The van der Waals surface area contributed by atoms with E-state index in [0.29, 0.717) is 35.7 Å². The van der Waals surface area contributed by atoms with Gasteiger partial charge in [-0.15, -0.1) is 0 Å². The molecular formula is C13H19ClN4O2. The molecule has 0 bridgehead atoms. The molecule has 0 radical (unpaired) electrons. The van der Waals surface area contributed by atoms with Crippen LogP contribution in [0.25, 0.3) is 0 Å². The minimum atomic E-state index is -0.224. The van der Waals surface area contributed by atoms with Crippen LogP contribution in [0.2, 0.25) is 5.02 Å². The first-order chi connectivity index (χ1) is 9.70. The molecule has 0 atom stereocenters. The molecule has 110 valence electrons. The third-order valence-corrected chi connectivity index (χ3v) is 3.57. The van der Waals surface area contributed by atoms with Crippen molar-refractivity contribution in [3.63, 3.8) is 0 Å². The van der Waals surface area contributed by atoms with E-state index in [0.717, 1.165) is 12.8 Å². The molecule has 0 spiro atoms. The van der Waals surface area contributed by atoms with Gasteiger partial charge in [0.1, 0.15) is 0 Å². The quantitative estimate of drug-likeness (QED) is 0.423. The predicted octanol–water partition coefficient (Wildman–Crippen LogP) is 1.71. The lowest BCUT2D eigenvalue weighted by molar-refractivity contribution is 0.0582. The molecule has 1 fully saturated rings. The minimum absolute atomic E-state index is 0.224. The normalized spacial score (nSPS) is 15.3. The van der Waals surface area contributed by atoms with Gasteiger partial charge < -0.3 is 15.5 Å². The largest absolute Gasteiger partial charge is 0.376 e. The van der Waals surface area contributed by atoms with Crippen LogP contribution in [-0.4, -0.2) is 30.1 Å². The Balaban J connectivity index is 1.75. The minimum Gasteiger partial charge on any atom is -0.376 e. The topological polar surface area (TPSA) is 89.3 Å². The van der Waals surface area contributed by atoms with E-state index < -0.39 is 0 Å². The van der Waals surface area contributed by atoms with Gasteiger partial charge in [-0.1, -0.05) is 24.4 Å². The van der Waals surface area contributed by atoms with Crippen LogP contribution >= 0.6 is 11.6 Å². The van der Waals surface area contributed by atoms with Gasteiger partial charge in [-0.05, 0) is 18.9 Å². The summed E-state index contributed by atoms with van der Waals surface area (Å²) < 4.78 is 5.67. The van der Waals surface area contributed by atoms with Crippen molar-refractivity contribution in [3.05, 3.63) is 22.8 Å². The van der Waals surface area contributed by atoms with Gasteiger partial charge in [-0.2, -0.15) is 0 Å². The maximum Gasteiger partial charge on any atom is 0.252 e. The van der Waals surface area contributed by atoms with E-state index in [1.165, 1.54) is 25.1 Å². The number of nitrogens with two attached hydrogens (primary N) is 1. The fourth-order valence-corrected chi connectivity index (χ4v) is 2.44. The molecule has 20 heavy (non-hydrogen) atoms. The smallest absolute Gasteiger partial charge is 0.252 e. The molecule has 0 aromatic carbocycles. The lowest BCUT2D eigenvalue weighted by Crippen LogP contribution is -2.28. The summed E-state index contributed by atoms with van der Waals surface area (Å²) >= 11 is 5.91. The Morgan fingerprint density at radius 3 is 2.90 bits per heavy atom. The molecule has 1 aromatic heterocycles. The molecule has 0 aliphatic heterocycles. The first kappa shape index (κ1) is 15.0. The van der Waals surface area contributed by atoms with E-state index in [9.17, 15) is 4.79 Å². The first-order valence-corrected chi connectivity index (χ1v) is 7.10. The van der Waals surface area contributed by atoms with Gasteiger partial charge >= 0.3 is 0 Å². The highest BCUT2D eigenvalue weighted by Gasteiger charge is 2.15. The molecule has 2 rings (SSSR count). The van der Waals surface area contributed by atoms with Crippen molar-refractivity contribution >= 4 is 23.3 Å². The zero-order valence-electron chi connectivity index (χ0n) is 11.2. The molecular weight excluding hydrogens is 280 g/mol. The summed E-state index contributed by atoms with van der Waals surface area (Å²) in [5, 5.41) is 3.08. The third kappa shape index (κ3) is 4.06. The Morgan fingerprint density at radius 2 is 2.25 bits per heavy atom. The summed E-state index contributed by atoms with van der Waals surface area (Å²) in [7, 11) is 0. The molecule has 1 aliphatic rings. The number of carbonyl (C=O) groups excluding carboxylic acids is 1. The Bertz CT molecular complexity index is 464. The fourth-order valence-electron chi connectivity index (χ4n) is 2.22. The molecule has 0 saturated heterocycles. The average molecular weight is 299 g/mol. The zero-order valence-corrected chi connectivity index (χ0v) is 11.9. The highest BCUT2D eigenvalue weighted by atomic mass is 35.5. The van der Waals surface area contributed by atoms with Gasteiger partial charge in [0.25, 0.3) is 5.91 Å². The Hall–Kier alpha value is -1.37. The number of rotatable bonds is 6. The molecule has 1 saturated carbocycles. The van der Waals surface area contributed by atoms with Crippen LogP contribution in [0.5, 0.6) is 0 Å². The van der Waals surface area contributed by atoms with Crippen molar-refractivity contribution in [1.29, 1.82) is 0 Å². The standard InChI is InChI=1S/C13H19ClN4O2/c14-11-7-9(8-17-12(11)18-15)13(19)16-5-6-20-10-3-1-2-4-10/h7-8,10H,1-6,15H2,(H,16,19)(H,17,18). The van der Waals surface area contributed by atoms with Crippen LogP contribution < -0.4 is 16.6 Å². The second-order valence-electron chi connectivity index (χ2n) is 4.73. The summed E-state index contributed by atoms with van der Waals surface area (Å²) in [6, 6.07) is 1.52. The molecule has 1 aromatic rings. The second kappa shape index (κ2) is 7.42. The van der Waals surface area contributed by atoms with E-state index in [2.05, 4.69) is 15.7 Å². The van der Waals surface area contributed by atoms with Crippen molar-refractivity contribution in [1.82, 2.24) is 10.3 Å². The second-order valence-corrected chi connectivity index (χ2v) is 5.14. The highest BCUT2D eigenvalue weighted by Crippen LogP contribution is 2.20. The summed E-state index contributed by atoms with van der Waals surface area (Å²) in [6.45, 7) is 1.00. The number of nitrogen functional groups attached to an aromatic ring is 1. The van der Waals surface area contributed by atoms with Gasteiger partial charge in [0.15, 0.2) is 5.82 Å². The fraction of sp³-hybridized carbons (Fsp3) is 0.538. The van der Waals surface area contributed by atoms with E-state index in [-0.39, 0.29) is 5.91 Å². The molecule has 0 unspecified atom stereocenters. The van der Waals surface area contributed by atoms with Crippen LogP contribution in [0, 0.1) is 0 Å². The SMILES string of the molecule is NNc1ncc(C(=O)NCCOC2CCCC2)cc1Cl. The van der Waals surface area contributed by atoms with E-state index >= 15 is 0 Å². The number of aromatic nitrogens is 1. The molecule has 1 aliphatic carbocycles. The number of nitrogens with zero attached hydrogens (tertiary/aromatic N) is 1. The van der Waals surface area contributed by atoms with Gasteiger partial charge in [0, 0.05) is 12.7 Å². The van der Waals surface area contributed by atoms with E-state index in [1.807, 2.05) is 0 Å². The molecule has 1 amide bonds. The summed E-state index contributed by atoms with van der Waals surface area (Å²) in [5.41, 5.74) is 2.75. The monoisotopic (exact) mass is 298 g/mol. The number of hydrogen-bond donors (Lipinski definition) is 3. The summed E-state index contributed by atoms with van der Waals surface area (Å²) in [4.78, 5) is 15.8. The summed E-state index contributed by atoms with van der Waals surface area (Å²) in [6.07, 6.45) is 6.51. The van der Waals surface area contributed by atoms with Crippen LogP contribution in [0.1, 0.15) is 36.0 Å². The maximum atomic E-state index is 11.9. The average Bonchev–Trinajstić information content (AvgIpc) is 2.96. The third-order valence-electron chi connectivity index (χ3n) is 3.28. The Kier molecular flexibility index (Phi) is 5.58. The van der Waals surface area contributed by atoms with Crippen molar-refractivity contribution in [2.24, 2.45) is 5.84 Å². The predicted molar refractivity (Wildman–Crippen MR) is 77.6 cm³/mol. The number of anilines is 1. The number of ether oxygens (including phenoxy) is 1. The lowest BCUT2D eigenvalue weighted by Gasteiger charge is -2.11. The number of amides is 1. The van der Waals surface area contributed by atoms with Crippen LogP contribution in [-0.2, 0) is 4.74 Å². The van der Waals surface area contributed by atoms with E-state index in [4.69, 9.17) is 22.2 Å². The van der Waals surface area contributed by atoms with Crippen molar-refractivity contribution in [2.75, 3.05) is 18.6 Å². The van der Waals surface area contributed by atoms with Gasteiger partial charge in [-0.3, -0.25) is 4.79 Å². The van der Waals surface area contributed by atoms with Crippen molar-refractivity contribution < 1.29 is 9.53 Å². The number of hydrazine groups is 1. The van der Waals surface area contributed by atoms with Crippen LogP contribution in [0.3, 0.4) is 0 Å². The van der Waals surface area contributed by atoms with E-state index in [1.54, 1.807) is 0 Å². The Labute approximate surface area is 123 Å². The number of hydrogen-bond acceptors (Lipinski definition) is 5. The Morgan fingerprint density at radius 1 is 1.50 bits per heavy atom. The summed E-state index contributed by atoms with van der Waals surface area (Å²) in [5.74, 6) is 5.34. The maximum absolute atomic E-state index is 11.9. The number of pyridine rings is 1. The first-order valence-electron chi connectivity index (χ1n) is 6.72. The van der Waals surface area contributed by atoms with Crippen LogP contribution in [0.15, 0.2) is 12.3 Å². The van der Waals surface area contributed by atoms with Gasteiger partial charge in [0.2, 0.25) is 0 Å². The number of halogens is 1. The number of carbonyl (C=O) groups is 1. The molecule has 6 nitrogen and oxygen atoms in total. The van der Waals surface area contributed by atoms with Crippen molar-refractivity contribution in [3.8, 4) is 0 Å².